The molecule has 5 rings (SSSR count). The molecule has 0 radical (unpaired) electrons. The lowest BCUT2D eigenvalue weighted by Gasteiger charge is -2.36. The molecule has 3 atom stereocenters. The number of benzene rings is 4. The molecule has 48 heavy (non-hydrogen) atoms. The summed E-state index contributed by atoms with van der Waals surface area (Å²) < 4.78 is 18.5. The average molecular weight is 670 g/mol. The third-order valence-electron chi connectivity index (χ3n) is 8.12. The van der Waals surface area contributed by atoms with Gasteiger partial charge in [0.25, 0.3) is 0 Å². The lowest BCUT2D eigenvalue weighted by atomic mass is 10.0. The lowest BCUT2D eigenvalue weighted by Crippen LogP contribution is -2.31. The number of anilines is 3. The monoisotopic (exact) mass is 669 g/mol. The molecule has 4 aromatic rings. The van der Waals surface area contributed by atoms with Gasteiger partial charge in [0.2, 0.25) is 11.8 Å². The first-order chi connectivity index (χ1) is 23.4. The SMILES string of the molecule is COc1ccccc1SC[C@@H]1C[C@H](c2ccc(CO)cc2)O[C@H](c2ccc(NC(=O)CCCCCC(=O)Nc3ccccc3N)cc2)O1. The van der Waals surface area contributed by atoms with Crippen LogP contribution in [0.5, 0.6) is 5.75 Å². The Kier molecular flexibility index (Phi) is 12.9. The van der Waals surface area contributed by atoms with E-state index in [-0.39, 0.29) is 30.6 Å². The van der Waals surface area contributed by atoms with Crippen molar-refractivity contribution in [3.8, 4) is 5.75 Å². The Balaban J connectivity index is 1.12. The summed E-state index contributed by atoms with van der Waals surface area (Å²) in [5.74, 6) is 1.38. The number of thioether (sulfide) groups is 1. The highest BCUT2D eigenvalue weighted by Crippen LogP contribution is 2.40. The number of ether oxygens (including phenoxy) is 3. The van der Waals surface area contributed by atoms with Crippen LogP contribution in [0.15, 0.2) is 102 Å². The Morgan fingerprint density at radius 2 is 1.50 bits per heavy atom. The molecule has 1 heterocycles. The van der Waals surface area contributed by atoms with Crippen LogP contribution < -0.4 is 21.1 Å². The number of hydrogen-bond donors (Lipinski definition) is 4. The van der Waals surface area contributed by atoms with Crippen LogP contribution in [-0.4, -0.2) is 35.9 Å². The number of hydrogen-bond acceptors (Lipinski definition) is 8. The van der Waals surface area contributed by atoms with Gasteiger partial charge in [-0.2, -0.15) is 0 Å². The predicted octanol–water partition coefficient (Wildman–Crippen LogP) is 7.64. The van der Waals surface area contributed by atoms with Gasteiger partial charge in [-0.3, -0.25) is 9.59 Å². The highest BCUT2D eigenvalue weighted by atomic mass is 32.2. The first kappa shape index (κ1) is 35.0. The number of nitrogens with two attached hydrogens (primary N) is 1. The number of nitrogens with one attached hydrogen (secondary N) is 2. The standard InChI is InChI=1S/C38H43N3O6S/c1-45-33-11-7-8-12-35(33)48-25-30-23-34(27-17-15-26(24-42)16-18-27)47-38(46-30)28-19-21-29(22-20-28)40-36(43)13-3-2-4-14-37(44)41-32-10-6-5-9-31(32)39/h5-12,15-22,30,34,38,42H,2-4,13-14,23-25,39H2,1H3,(H,40,43)(H,41,44)/t30-,34+,38+/m0/s1. The first-order valence-corrected chi connectivity index (χ1v) is 17.2. The van der Waals surface area contributed by atoms with Gasteiger partial charge in [-0.1, -0.05) is 67.1 Å². The molecule has 0 aromatic heterocycles. The molecule has 0 spiro atoms. The van der Waals surface area contributed by atoms with Gasteiger partial charge in [-0.25, -0.2) is 0 Å². The van der Waals surface area contributed by atoms with Gasteiger partial charge in [0.1, 0.15) is 5.75 Å². The van der Waals surface area contributed by atoms with Gasteiger partial charge < -0.3 is 35.7 Å². The molecule has 1 saturated heterocycles. The highest BCUT2D eigenvalue weighted by molar-refractivity contribution is 7.99. The van der Waals surface area contributed by atoms with Crippen molar-refractivity contribution in [1.82, 2.24) is 0 Å². The summed E-state index contributed by atoms with van der Waals surface area (Å²) in [4.78, 5) is 25.9. The second kappa shape index (κ2) is 17.7. The zero-order valence-corrected chi connectivity index (χ0v) is 27.9. The van der Waals surface area contributed by atoms with Crippen LogP contribution in [0.25, 0.3) is 0 Å². The second-order valence-corrected chi connectivity index (χ2v) is 12.7. The smallest absolute Gasteiger partial charge is 0.224 e. The third-order valence-corrected chi connectivity index (χ3v) is 9.30. The van der Waals surface area contributed by atoms with E-state index in [4.69, 9.17) is 19.9 Å². The predicted molar refractivity (Wildman–Crippen MR) is 190 cm³/mol. The first-order valence-electron chi connectivity index (χ1n) is 16.2. The van der Waals surface area contributed by atoms with Gasteiger partial charge in [0.05, 0.1) is 37.3 Å². The van der Waals surface area contributed by atoms with Crippen molar-refractivity contribution in [2.24, 2.45) is 0 Å². The number of aliphatic hydroxyl groups is 1. The van der Waals surface area contributed by atoms with Gasteiger partial charge in [0, 0.05) is 41.2 Å². The maximum absolute atomic E-state index is 12.6. The van der Waals surface area contributed by atoms with E-state index in [2.05, 4.69) is 10.6 Å². The maximum atomic E-state index is 12.6. The highest BCUT2D eigenvalue weighted by Gasteiger charge is 2.32. The molecule has 0 unspecified atom stereocenters. The molecule has 0 aliphatic carbocycles. The average Bonchev–Trinajstić information content (AvgIpc) is 3.12. The number of aliphatic hydroxyl groups excluding tert-OH is 1. The van der Waals surface area contributed by atoms with Crippen molar-refractivity contribution in [1.29, 1.82) is 0 Å². The van der Waals surface area contributed by atoms with Gasteiger partial charge in [-0.05, 0) is 60.4 Å². The number of para-hydroxylation sites is 3. The fraction of sp³-hybridized carbons (Fsp3) is 0.316. The fourth-order valence-electron chi connectivity index (χ4n) is 5.46. The van der Waals surface area contributed by atoms with Crippen molar-refractivity contribution >= 4 is 40.6 Å². The van der Waals surface area contributed by atoms with Crippen molar-refractivity contribution in [2.45, 2.75) is 68.5 Å². The molecule has 0 bridgehead atoms. The van der Waals surface area contributed by atoms with E-state index >= 15 is 0 Å². The molecular weight excluding hydrogens is 627 g/mol. The Hall–Kier alpha value is -4.35. The molecule has 4 aromatic carbocycles. The fourth-order valence-corrected chi connectivity index (χ4v) is 6.51. The van der Waals surface area contributed by atoms with Crippen LogP contribution in [0.4, 0.5) is 17.1 Å². The maximum Gasteiger partial charge on any atom is 0.224 e. The summed E-state index contributed by atoms with van der Waals surface area (Å²) in [7, 11) is 1.67. The molecule has 1 aliphatic rings. The summed E-state index contributed by atoms with van der Waals surface area (Å²) in [6.07, 6.45) is 2.67. The molecule has 5 N–H and O–H groups in total. The van der Waals surface area contributed by atoms with Crippen molar-refractivity contribution < 1.29 is 28.9 Å². The van der Waals surface area contributed by atoms with E-state index in [1.54, 1.807) is 31.0 Å². The molecular formula is C38H43N3O6S. The van der Waals surface area contributed by atoms with E-state index in [9.17, 15) is 14.7 Å². The number of carbonyl (C=O) groups excluding carboxylic acids is 2. The van der Waals surface area contributed by atoms with Crippen LogP contribution in [0.2, 0.25) is 0 Å². The number of rotatable bonds is 15. The minimum atomic E-state index is -0.593. The zero-order valence-electron chi connectivity index (χ0n) is 27.1. The summed E-state index contributed by atoms with van der Waals surface area (Å²) >= 11 is 1.69. The topological polar surface area (TPSA) is 132 Å². The van der Waals surface area contributed by atoms with Gasteiger partial charge >= 0.3 is 0 Å². The number of unbranched alkanes of at least 4 members (excludes halogenated alkanes) is 2. The number of carbonyl (C=O) groups is 2. The Morgan fingerprint density at radius 3 is 2.21 bits per heavy atom. The summed E-state index contributed by atoms with van der Waals surface area (Å²) in [5.41, 5.74) is 10.5. The largest absolute Gasteiger partial charge is 0.496 e. The Bertz CT molecular complexity index is 1630. The minimum absolute atomic E-state index is 0.0111. The van der Waals surface area contributed by atoms with E-state index in [0.717, 1.165) is 33.8 Å². The summed E-state index contributed by atoms with van der Waals surface area (Å²) in [6, 6.07) is 30.5. The molecule has 1 fully saturated rings. The van der Waals surface area contributed by atoms with Crippen molar-refractivity contribution in [3.05, 3.63) is 114 Å². The van der Waals surface area contributed by atoms with Gasteiger partial charge in [-0.15, -0.1) is 11.8 Å². The second-order valence-electron chi connectivity index (χ2n) is 11.7. The molecule has 252 valence electrons. The van der Waals surface area contributed by atoms with Gasteiger partial charge in [0.15, 0.2) is 6.29 Å². The Morgan fingerprint density at radius 1 is 0.833 bits per heavy atom. The van der Waals surface area contributed by atoms with E-state index in [0.29, 0.717) is 54.9 Å². The van der Waals surface area contributed by atoms with Crippen molar-refractivity contribution in [3.63, 3.8) is 0 Å². The summed E-state index contributed by atoms with van der Waals surface area (Å²) in [5, 5.41) is 15.3. The number of methoxy groups -OCH3 is 1. The Labute approximate surface area is 286 Å². The molecule has 0 saturated carbocycles. The van der Waals surface area contributed by atoms with E-state index in [1.165, 1.54) is 0 Å². The van der Waals surface area contributed by atoms with E-state index < -0.39 is 6.29 Å². The number of nitrogen functional groups attached to an aromatic ring is 1. The van der Waals surface area contributed by atoms with Crippen LogP contribution >= 0.6 is 11.8 Å². The van der Waals surface area contributed by atoms with Crippen LogP contribution in [0.1, 0.15) is 67.6 Å². The quantitative estimate of drug-likeness (QED) is 0.0577. The molecule has 9 nitrogen and oxygen atoms in total. The molecule has 2 amide bonds. The number of amides is 2. The third kappa shape index (κ3) is 10.1. The van der Waals surface area contributed by atoms with E-state index in [1.807, 2.05) is 84.9 Å². The minimum Gasteiger partial charge on any atom is -0.496 e. The lowest BCUT2D eigenvalue weighted by molar-refractivity contribution is -0.245. The molecule has 1 aliphatic heterocycles. The van der Waals surface area contributed by atoms with Crippen LogP contribution in [0.3, 0.4) is 0 Å². The zero-order chi connectivity index (χ0) is 33.7. The van der Waals surface area contributed by atoms with Crippen LogP contribution in [-0.2, 0) is 25.7 Å². The van der Waals surface area contributed by atoms with Crippen molar-refractivity contribution in [2.75, 3.05) is 29.2 Å². The summed E-state index contributed by atoms with van der Waals surface area (Å²) in [6.45, 7) is -0.0111. The molecule has 10 heteroatoms. The van der Waals surface area contributed by atoms with Crippen LogP contribution in [0, 0.1) is 0 Å². The normalized spacial score (nSPS) is 17.4.